The molecule has 0 bridgehead atoms. The lowest BCUT2D eigenvalue weighted by Gasteiger charge is -2.15. The maximum absolute atomic E-state index is 11.3. The maximum Gasteiger partial charge on any atom is 0.271 e. The topological polar surface area (TPSA) is 105 Å². The molecule has 8 heteroatoms. The van der Waals surface area contributed by atoms with E-state index in [0.717, 1.165) is 18.4 Å². The summed E-state index contributed by atoms with van der Waals surface area (Å²) in [6.45, 7) is 5.05. The van der Waals surface area contributed by atoms with Gasteiger partial charge in [0.25, 0.3) is 5.91 Å². The van der Waals surface area contributed by atoms with E-state index < -0.39 is 11.4 Å². The number of hydrogen-bond acceptors (Lipinski definition) is 5. The molecule has 134 valence electrons. The summed E-state index contributed by atoms with van der Waals surface area (Å²) in [5.41, 5.74) is 2.42. The van der Waals surface area contributed by atoms with Crippen molar-refractivity contribution < 1.29 is 19.5 Å². The van der Waals surface area contributed by atoms with Crippen LogP contribution in [-0.2, 0) is 10.3 Å². The smallest absolute Gasteiger partial charge is 0.271 e. The molecule has 0 aromatic heterocycles. The van der Waals surface area contributed by atoms with Crippen LogP contribution in [0.3, 0.4) is 0 Å². The first-order valence-electron chi connectivity index (χ1n) is 7.66. The maximum atomic E-state index is 11.3. The lowest BCUT2D eigenvalue weighted by molar-refractivity contribution is -0.125. The highest BCUT2D eigenvalue weighted by molar-refractivity contribution is 5.93. The van der Waals surface area contributed by atoms with Crippen molar-refractivity contribution in [2.75, 3.05) is 14.2 Å². The van der Waals surface area contributed by atoms with Gasteiger partial charge in [0.05, 0.1) is 19.8 Å². The standard InChI is InChI=1S/C17H22N4O4/c1-11(15(22)21-23)10-19-16(18-2)20-17(7-8-17)12-5-6-13(24-3)14(9-12)25-4/h5-6,9-10,23H,2,7-8H2,1,3-4H3,(H,19,20)(H,21,22)/b11-10+. The van der Waals surface area contributed by atoms with Gasteiger partial charge in [-0.1, -0.05) is 6.07 Å². The fraction of sp³-hybridized carbons (Fsp3) is 0.353. The highest BCUT2D eigenvalue weighted by Gasteiger charge is 2.45. The van der Waals surface area contributed by atoms with Gasteiger partial charge in [-0.05, 0) is 44.2 Å². The molecule has 25 heavy (non-hydrogen) atoms. The highest BCUT2D eigenvalue weighted by atomic mass is 16.5. The number of amides is 1. The molecule has 2 rings (SSSR count). The van der Waals surface area contributed by atoms with Gasteiger partial charge >= 0.3 is 0 Å². The first kappa shape index (κ1) is 18.5. The van der Waals surface area contributed by atoms with Crippen molar-refractivity contribution >= 4 is 18.6 Å². The largest absolute Gasteiger partial charge is 0.493 e. The van der Waals surface area contributed by atoms with Crippen LogP contribution in [0.1, 0.15) is 25.3 Å². The van der Waals surface area contributed by atoms with E-state index in [1.807, 2.05) is 18.2 Å². The molecule has 1 aliphatic carbocycles. The van der Waals surface area contributed by atoms with E-state index >= 15 is 0 Å². The number of rotatable bonds is 6. The van der Waals surface area contributed by atoms with Crippen molar-refractivity contribution in [1.29, 1.82) is 0 Å². The zero-order chi connectivity index (χ0) is 18.4. The number of guanidine groups is 1. The van der Waals surface area contributed by atoms with E-state index in [4.69, 9.17) is 14.7 Å². The summed E-state index contributed by atoms with van der Waals surface area (Å²) in [5, 5.41) is 11.4. The molecule has 1 aromatic rings. The van der Waals surface area contributed by atoms with Gasteiger partial charge in [0.2, 0.25) is 5.96 Å². The lowest BCUT2D eigenvalue weighted by atomic mass is 10.0. The summed E-state index contributed by atoms with van der Waals surface area (Å²) < 4.78 is 10.6. The Hall–Kier alpha value is -2.87. The van der Waals surface area contributed by atoms with Gasteiger partial charge in [-0.15, -0.1) is 0 Å². The Morgan fingerprint density at radius 2 is 2.00 bits per heavy atom. The number of nitrogens with zero attached hydrogens (tertiary/aromatic N) is 2. The van der Waals surface area contributed by atoms with Crippen LogP contribution >= 0.6 is 0 Å². The second-order valence-electron chi connectivity index (χ2n) is 5.61. The molecule has 1 saturated carbocycles. The Bertz CT molecular complexity index is 723. The van der Waals surface area contributed by atoms with Crippen LogP contribution in [0.5, 0.6) is 11.5 Å². The summed E-state index contributed by atoms with van der Waals surface area (Å²) in [4.78, 5) is 19.8. The fourth-order valence-corrected chi connectivity index (χ4v) is 2.35. The second kappa shape index (κ2) is 7.80. The Balaban J connectivity index is 2.25. The van der Waals surface area contributed by atoms with Gasteiger partial charge in [0.15, 0.2) is 11.5 Å². The Labute approximate surface area is 146 Å². The molecule has 0 aliphatic heterocycles. The molecular formula is C17H22N4O4. The summed E-state index contributed by atoms with van der Waals surface area (Å²) >= 11 is 0. The molecule has 0 saturated heterocycles. The van der Waals surface area contributed by atoms with Crippen LogP contribution in [-0.4, -0.2) is 38.0 Å². The summed E-state index contributed by atoms with van der Waals surface area (Å²) in [5.74, 6) is 0.965. The van der Waals surface area contributed by atoms with Crippen molar-refractivity contribution in [3.63, 3.8) is 0 Å². The van der Waals surface area contributed by atoms with Crippen molar-refractivity contribution in [3.05, 3.63) is 35.5 Å². The molecule has 1 aliphatic rings. The van der Waals surface area contributed by atoms with Gasteiger partial charge in [0.1, 0.15) is 0 Å². The molecule has 0 unspecified atom stereocenters. The number of ether oxygens (including phenoxy) is 2. The Kier molecular flexibility index (Phi) is 5.76. The van der Waals surface area contributed by atoms with E-state index in [-0.39, 0.29) is 11.5 Å². The van der Waals surface area contributed by atoms with Crippen molar-refractivity contribution in [2.45, 2.75) is 25.3 Å². The number of hydrogen-bond donors (Lipinski definition) is 3. The monoisotopic (exact) mass is 346 g/mol. The molecule has 8 nitrogen and oxygen atoms in total. The SMILES string of the molecule is C=NC(=NC1(c2ccc(OC)c(OC)c2)CC1)N/C=C(\C)C(=O)NO. The number of aliphatic imine (C=N–C) groups is 2. The van der Waals surface area contributed by atoms with Crippen molar-refractivity contribution in [2.24, 2.45) is 9.98 Å². The van der Waals surface area contributed by atoms with Gasteiger partial charge < -0.3 is 14.8 Å². The second-order valence-corrected chi connectivity index (χ2v) is 5.61. The highest BCUT2D eigenvalue weighted by Crippen LogP contribution is 2.51. The lowest BCUT2D eigenvalue weighted by Crippen LogP contribution is -2.23. The van der Waals surface area contributed by atoms with Gasteiger partial charge in [-0.2, -0.15) is 0 Å². The average Bonchev–Trinajstić information content (AvgIpc) is 3.44. The molecule has 0 heterocycles. The fourth-order valence-electron chi connectivity index (χ4n) is 2.35. The zero-order valence-corrected chi connectivity index (χ0v) is 14.5. The van der Waals surface area contributed by atoms with Crippen LogP contribution in [0.4, 0.5) is 0 Å². The molecule has 0 spiro atoms. The minimum atomic E-state index is -0.614. The summed E-state index contributed by atoms with van der Waals surface area (Å²) in [6.07, 6.45) is 3.13. The van der Waals surface area contributed by atoms with Gasteiger partial charge in [-0.25, -0.2) is 15.5 Å². The minimum Gasteiger partial charge on any atom is -0.493 e. The van der Waals surface area contributed by atoms with E-state index in [1.165, 1.54) is 6.20 Å². The first-order chi connectivity index (χ1) is 12.0. The molecule has 0 atom stereocenters. The van der Waals surface area contributed by atoms with Crippen LogP contribution < -0.4 is 20.3 Å². The zero-order valence-electron chi connectivity index (χ0n) is 14.5. The quantitative estimate of drug-likeness (QED) is 0.239. The number of carbonyl (C=O) groups is 1. The minimum absolute atomic E-state index is 0.273. The Morgan fingerprint density at radius 3 is 2.52 bits per heavy atom. The molecule has 0 radical (unpaired) electrons. The molecule has 1 fully saturated rings. The first-order valence-corrected chi connectivity index (χ1v) is 7.66. The predicted octanol–water partition coefficient (Wildman–Crippen LogP) is 1.75. The number of hydroxylamine groups is 1. The van der Waals surface area contributed by atoms with Crippen LogP contribution in [0, 0.1) is 0 Å². The van der Waals surface area contributed by atoms with Gasteiger partial charge in [-0.3, -0.25) is 10.0 Å². The number of carbonyl (C=O) groups excluding carboxylic acids is 1. The third-order valence-corrected chi connectivity index (χ3v) is 3.99. The molecule has 1 aromatic carbocycles. The van der Waals surface area contributed by atoms with E-state index in [9.17, 15) is 4.79 Å². The predicted molar refractivity (Wildman–Crippen MR) is 94.3 cm³/mol. The third-order valence-electron chi connectivity index (χ3n) is 3.99. The molecular weight excluding hydrogens is 324 g/mol. The van der Waals surface area contributed by atoms with E-state index in [1.54, 1.807) is 26.6 Å². The normalized spacial score (nSPS) is 16.0. The number of benzene rings is 1. The van der Waals surface area contributed by atoms with Crippen LogP contribution in [0.25, 0.3) is 0 Å². The van der Waals surface area contributed by atoms with E-state index in [2.05, 4.69) is 22.0 Å². The summed E-state index contributed by atoms with van der Waals surface area (Å²) in [7, 11) is 3.17. The molecule has 1 amide bonds. The molecule has 3 N–H and O–H groups in total. The number of methoxy groups -OCH3 is 2. The van der Waals surface area contributed by atoms with Crippen LogP contribution in [0.2, 0.25) is 0 Å². The van der Waals surface area contributed by atoms with Gasteiger partial charge in [0, 0.05) is 11.8 Å². The number of nitrogens with one attached hydrogen (secondary N) is 2. The van der Waals surface area contributed by atoms with Crippen molar-refractivity contribution in [1.82, 2.24) is 10.8 Å². The summed E-state index contributed by atoms with van der Waals surface area (Å²) in [6, 6.07) is 5.68. The van der Waals surface area contributed by atoms with E-state index in [0.29, 0.717) is 11.5 Å². The Morgan fingerprint density at radius 1 is 1.32 bits per heavy atom. The average molecular weight is 346 g/mol. The van der Waals surface area contributed by atoms with Crippen LogP contribution in [0.15, 0.2) is 40.0 Å². The van der Waals surface area contributed by atoms with Crippen molar-refractivity contribution in [3.8, 4) is 11.5 Å². The third kappa shape index (κ3) is 4.16.